The molecule has 88 valence electrons. The number of rotatable bonds is 3. The van der Waals surface area contributed by atoms with Crippen molar-refractivity contribution >= 4 is 17.4 Å². The van der Waals surface area contributed by atoms with E-state index in [4.69, 9.17) is 11.6 Å². The van der Waals surface area contributed by atoms with Crippen molar-refractivity contribution in [3.63, 3.8) is 0 Å². The first-order valence-electron chi connectivity index (χ1n) is 6.07. The molecule has 0 N–H and O–H groups in total. The predicted molar refractivity (Wildman–Crippen MR) is 69.3 cm³/mol. The van der Waals surface area contributed by atoms with Gasteiger partial charge in [-0.05, 0) is 44.7 Å². The molecule has 1 saturated heterocycles. The number of aryl methyl sites for hydroxylation is 1. The molecular formula is C13H19ClN2. The maximum atomic E-state index is 5.87. The van der Waals surface area contributed by atoms with Gasteiger partial charge >= 0.3 is 0 Å². The van der Waals surface area contributed by atoms with E-state index >= 15 is 0 Å². The lowest BCUT2D eigenvalue weighted by Gasteiger charge is -2.36. The molecule has 1 aromatic rings. The predicted octanol–water partition coefficient (Wildman–Crippen LogP) is 3.38. The molecule has 0 saturated carbocycles. The van der Waals surface area contributed by atoms with E-state index < -0.39 is 0 Å². The molecule has 1 fully saturated rings. The van der Waals surface area contributed by atoms with Gasteiger partial charge in [0.2, 0.25) is 0 Å². The van der Waals surface area contributed by atoms with E-state index in [1.807, 2.05) is 13.0 Å². The van der Waals surface area contributed by atoms with Gasteiger partial charge in [-0.1, -0.05) is 6.07 Å². The van der Waals surface area contributed by atoms with E-state index in [2.05, 4.69) is 22.0 Å². The van der Waals surface area contributed by atoms with E-state index in [9.17, 15) is 0 Å². The third-order valence-electron chi connectivity index (χ3n) is 3.24. The van der Waals surface area contributed by atoms with Gasteiger partial charge in [0.25, 0.3) is 0 Å². The Morgan fingerprint density at radius 1 is 1.44 bits per heavy atom. The fourth-order valence-corrected chi connectivity index (χ4v) is 2.67. The molecule has 0 aromatic carbocycles. The van der Waals surface area contributed by atoms with Crippen molar-refractivity contribution in [1.82, 2.24) is 4.98 Å². The number of alkyl halides is 1. The number of hydrogen-bond acceptors (Lipinski definition) is 2. The first kappa shape index (κ1) is 11.7. The molecule has 16 heavy (non-hydrogen) atoms. The van der Waals surface area contributed by atoms with Gasteiger partial charge in [-0.3, -0.25) is 0 Å². The molecule has 0 bridgehead atoms. The van der Waals surface area contributed by atoms with E-state index in [0.717, 1.165) is 30.4 Å². The fourth-order valence-electron chi connectivity index (χ4n) is 2.42. The highest BCUT2D eigenvalue weighted by atomic mass is 35.5. The van der Waals surface area contributed by atoms with Gasteiger partial charge in [-0.2, -0.15) is 0 Å². The molecule has 0 radical (unpaired) electrons. The molecule has 2 nitrogen and oxygen atoms in total. The molecule has 1 aliphatic heterocycles. The van der Waals surface area contributed by atoms with E-state index in [1.165, 1.54) is 19.3 Å². The summed E-state index contributed by atoms with van der Waals surface area (Å²) in [4.78, 5) is 7.04. The Bertz CT molecular complexity index is 338. The van der Waals surface area contributed by atoms with Crippen molar-refractivity contribution in [3.05, 3.63) is 23.9 Å². The summed E-state index contributed by atoms with van der Waals surface area (Å²) >= 11 is 5.87. The third kappa shape index (κ3) is 2.67. The molecule has 1 aromatic heterocycles. The van der Waals surface area contributed by atoms with Gasteiger partial charge in [0.15, 0.2) is 0 Å². The van der Waals surface area contributed by atoms with Crippen LogP contribution in [0.2, 0.25) is 0 Å². The zero-order valence-corrected chi connectivity index (χ0v) is 10.6. The Balaban J connectivity index is 2.16. The number of nitrogens with zero attached hydrogens (tertiary/aromatic N) is 2. The summed E-state index contributed by atoms with van der Waals surface area (Å²) in [7, 11) is 0. The van der Waals surface area contributed by atoms with E-state index in [-0.39, 0.29) is 0 Å². The Morgan fingerprint density at radius 2 is 2.31 bits per heavy atom. The molecule has 0 spiro atoms. The minimum absolute atomic E-state index is 0.584. The molecule has 1 atom stereocenters. The molecule has 0 aliphatic carbocycles. The maximum Gasteiger partial charge on any atom is 0.129 e. The minimum atomic E-state index is 0.584. The van der Waals surface area contributed by atoms with Crippen LogP contribution in [0, 0.1) is 6.92 Å². The summed E-state index contributed by atoms with van der Waals surface area (Å²) in [5.74, 6) is 1.86. The van der Waals surface area contributed by atoms with Crippen LogP contribution in [0.5, 0.6) is 0 Å². The molecule has 0 amide bonds. The van der Waals surface area contributed by atoms with Crippen LogP contribution >= 0.6 is 11.6 Å². The number of aromatic nitrogens is 1. The highest BCUT2D eigenvalue weighted by molar-refractivity contribution is 6.17. The Kier molecular flexibility index (Phi) is 4.05. The first-order valence-corrected chi connectivity index (χ1v) is 6.61. The van der Waals surface area contributed by atoms with Crippen LogP contribution in [-0.4, -0.2) is 23.5 Å². The Hall–Kier alpha value is -0.760. The van der Waals surface area contributed by atoms with E-state index in [1.54, 1.807) is 0 Å². The second-order valence-corrected chi connectivity index (χ2v) is 4.84. The lowest BCUT2D eigenvalue weighted by molar-refractivity contribution is 0.448. The quantitative estimate of drug-likeness (QED) is 0.751. The Labute approximate surface area is 103 Å². The van der Waals surface area contributed by atoms with Crippen molar-refractivity contribution in [2.24, 2.45) is 0 Å². The number of pyridine rings is 1. The van der Waals surface area contributed by atoms with Crippen molar-refractivity contribution in [2.75, 3.05) is 17.3 Å². The second kappa shape index (κ2) is 5.53. The van der Waals surface area contributed by atoms with Gasteiger partial charge in [0.1, 0.15) is 5.82 Å². The zero-order chi connectivity index (χ0) is 11.4. The SMILES string of the molecule is Cc1cccc(N2CCCCC2CCCl)n1. The van der Waals surface area contributed by atoms with Crippen molar-refractivity contribution in [2.45, 2.75) is 38.6 Å². The van der Waals surface area contributed by atoms with Crippen molar-refractivity contribution in [3.8, 4) is 0 Å². The number of piperidine rings is 1. The molecule has 2 rings (SSSR count). The average molecular weight is 239 g/mol. The first-order chi connectivity index (χ1) is 7.81. The Morgan fingerprint density at radius 3 is 3.06 bits per heavy atom. The molecule has 3 heteroatoms. The van der Waals surface area contributed by atoms with Gasteiger partial charge < -0.3 is 4.90 Å². The summed E-state index contributed by atoms with van der Waals surface area (Å²) in [5.41, 5.74) is 1.09. The van der Waals surface area contributed by atoms with E-state index in [0.29, 0.717) is 6.04 Å². The maximum absolute atomic E-state index is 5.87. The summed E-state index contributed by atoms with van der Waals surface area (Å²) in [6.07, 6.45) is 4.91. The third-order valence-corrected chi connectivity index (χ3v) is 3.46. The van der Waals surface area contributed by atoms with Crippen LogP contribution in [0.1, 0.15) is 31.4 Å². The molecular weight excluding hydrogens is 220 g/mol. The number of anilines is 1. The normalized spacial score (nSPS) is 21.1. The smallest absolute Gasteiger partial charge is 0.129 e. The number of halogens is 1. The zero-order valence-electron chi connectivity index (χ0n) is 9.82. The summed E-state index contributed by atoms with van der Waals surface area (Å²) in [5, 5.41) is 0. The van der Waals surface area contributed by atoms with Crippen LogP contribution in [0.25, 0.3) is 0 Å². The fraction of sp³-hybridized carbons (Fsp3) is 0.615. The van der Waals surface area contributed by atoms with Gasteiger partial charge in [-0.15, -0.1) is 11.6 Å². The second-order valence-electron chi connectivity index (χ2n) is 4.46. The van der Waals surface area contributed by atoms with Gasteiger partial charge in [-0.25, -0.2) is 4.98 Å². The lowest BCUT2D eigenvalue weighted by Crippen LogP contribution is -2.40. The van der Waals surface area contributed by atoms with Crippen LogP contribution in [0.3, 0.4) is 0 Å². The summed E-state index contributed by atoms with van der Waals surface area (Å²) < 4.78 is 0. The van der Waals surface area contributed by atoms with Crippen LogP contribution in [0.15, 0.2) is 18.2 Å². The minimum Gasteiger partial charge on any atom is -0.354 e. The van der Waals surface area contributed by atoms with Crippen molar-refractivity contribution in [1.29, 1.82) is 0 Å². The number of hydrogen-bond donors (Lipinski definition) is 0. The highest BCUT2D eigenvalue weighted by Crippen LogP contribution is 2.25. The monoisotopic (exact) mass is 238 g/mol. The average Bonchev–Trinajstić information content (AvgIpc) is 2.30. The topological polar surface area (TPSA) is 16.1 Å². The van der Waals surface area contributed by atoms with Crippen molar-refractivity contribution < 1.29 is 0 Å². The van der Waals surface area contributed by atoms with Crippen LogP contribution in [-0.2, 0) is 0 Å². The lowest BCUT2D eigenvalue weighted by atomic mass is 10.00. The van der Waals surface area contributed by atoms with Gasteiger partial charge in [0.05, 0.1) is 0 Å². The molecule has 1 unspecified atom stereocenters. The summed E-state index contributed by atoms with van der Waals surface area (Å²) in [6, 6.07) is 6.83. The van der Waals surface area contributed by atoms with Crippen LogP contribution in [0.4, 0.5) is 5.82 Å². The summed E-state index contributed by atoms with van der Waals surface area (Å²) in [6.45, 7) is 3.17. The standard InChI is InChI=1S/C13H19ClN2/c1-11-5-4-7-13(15-11)16-10-3-2-6-12(16)8-9-14/h4-5,7,12H,2-3,6,8-10H2,1H3. The van der Waals surface area contributed by atoms with Gasteiger partial charge in [0, 0.05) is 24.2 Å². The largest absolute Gasteiger partial charge is 0.354 e. The van der Waals surface area contributed by atoms with Crippen LogP contribution < -0.4 is 4.90 Å². The highest BCUT2D eigenvalue weighted by Gasteiger charge is 2.22. The molecule has 1 aliphatic rings. The molecule has 2 heterocycles.